The van der Waals surface area contributed by atoms with E-state index >= 15 is 0 Å². The van der Waals surface area contributed by atoms with E-state index in [0.717, 1.165) is 11.3 Å². The second-order valence-corrected chi connectivity index (χ2v) is 6.40. The summed E-state index contributed by atoms with van der Waals surface area (Å²) in [6.07, 6.45) is 2.26. The molecule has 146 valence electrons. The number of hydrogen-bond donors (Lipinski definition) is 1. The summed E-state index contributed by atoms with van der Waals surface area (Å²) in [7, 11) is 1.54. The number of carbonyl (C=O) groups excluding carboxylic acids is 1. The van der Waals surface area contributed by atoms with Crippen LogP contribution in [0.25, 0.3) is 11.3 Å². The highest BCUT2D eigenvalue weighted by atomic mass is 35.5. The van der Waals surface area contributed by atoms with Crippen molar-refractivity contribution in [3.8, 4) is 22.8 Å². The standard InChI is InChI=1S/C21H21ClN2O4/c1-3-27-16-7-4-14(5-8-16)19-13-23-21(28-19)11-10-20(25)24-17-12-15(22)6-9-18(17)26-2/h4-9,12-13H,3,10-11H2,1-2H3,(H,24,25). The zero-order valence-corrected chi connectivity index (χ0v) is 16.5. The fraction of sp³-hybridized carbons (Fsp3) is 0.238. The lowest BCUT2D eigenvalue weighted by Crippen LogP contribution is -2.13. The number of anilines is 1. The average molecular weight is 401 g/mol. The maximum atomic E-state index is 12.2. The summed E-state index contributed by atoms with van der Waals surface area (Å²) >= 11 is 5.98. The third-order valence-corrected chi connectivity index (χ3v) is 4.24. The SMILES string of the molecule is CCOc1ccc(-c2cnc(CCC(=O)Nc3cc(Cl)ccc3OC)o2)cc1. The molecule has 0 aliphatic carbocycles. The highest BCUT2D eigenvalue weighted by Crippen LogP contribution is 2.28. The highest BCUT2D eigenvalue weighted by Gasteiger charge is 2.12. The van der Waals surface area contributed by atoms with Gasteiger partial charge in [0.05, 0.1) is 25.6 Å². The molecule has 2 aromatic carbocycles. The van der Waals surface area contributed by atoms with Crippen LogP contribution in [0.1, 0.15) is 19.2 Å². The molecule has 0 fully saturated rings. The Morgan fingerprint density at radius 1 is 1.21 bits per heavy atom. The highest BCUT2D eigenvalue weighted by molar-refractivity contribution is 6.31. The molecule has 1 N–H and O–H groups in total. The predicted molar refractivity (Wildman–Crippen MR) is 108 cm³/mol. The maximum Gasteiger partial charge on any atom is 0.224 e. The molecule has 28 heavy (non-hydrogen) atoms. The van der Waals surface area contributed by atoms with E-state index in [1.807, 2.05) is 31.2 Å². The molecule has 0 bridgehead atoms. The van der Waals surface area contributed by atoms with E-state index < -0.39 is 0 Å². The van der Waals surface area contributed by atoms with Gasteiger partial charge in [0.2, 0.25) is 5.91 Å². The molecule has 1 aromatic heterocycles. The molecule has 0 atom stereocenters. The quantitative estimate of drug-likeness (QED) is 0.577. The number of ether oxygens (including phenoxy) is 2. The van der Waals surface area contributed by atoms with Gasteiger partial charge in [-0.05, 0) is 49.4 Å². The van der Waals surface area contributed by atoms with Crippen LogP contribution in [0.15, 0.2) is 53.1 Å². The minimum absolute atomic E-state index is 0.179. The Hall–Kier alpha value is -2.99. The number of aromatic nitrogens is 1. The first-order chi connectivity index (χ1) is 13.6. The fourth-order valence-electron chi connectivity index (χ4n) is 2.65. The van der Waals surface area contributed by atoms with E-state index in [2.05, 4.69) is 10.3 Å². The number of nitrogens with zero attached hydrogens (tertiary/aromatic N) is 1. The van der Waals surface area contributed by atoms with Crippen molar-refractivity contribution in [3.63, 3.8) is 0 Å². The van der Waals surface area contributed by atoms with E-state index in [0.29, 0.717) is 41.1 Å². The van der Waals surface area contributed by atoms with Gasteiger partial charge in [-0.1, -0.05) is 11.6 Å². The topological polar surface area (TPSA) is 73.6 Å². The number of nitrogens with one attached hydrogen (secondary N) is 1. The Bertz CT molecular complexity index is 938. The molecule has 6 nitrogen and oxygen atoms in total. The van der Waals surface area contributed by atoms with Crippen LogP contribution in [-0.2, 0) is 11.2 Å². The van der Waals surface area contributed by atoms with Crippen LogP contribution in [0.3, 0.4) is 0 Å². The third kappa shape index (κ3) is 5.04. The first-order valence-electron chi connectivity index (χ1n) is 8.90. The van der Waals surface area contributed by atoms with Crippen LogP contribution in [0, 0.1) is 0 Å². The van der Waals surface area contributed by atoms with E-state index in [9.17, 15) is 4.79 Å². The molecular weight excluding hydrogens is 380 g/mol. The van der Waals surface area contributed by atoms with E-state index in [-0.39, 0.29) is 12.3 Å². The van der Waals surface area contributed by atoms with E-state index in [1.54, 1.807) is 24.4 Å². The minimum atomic E-state index is -0.179. The van der Waals surface area contributed by atoms with Gasteiger partial charge in [-0.2, -0.15) is 0 Å². The monoisotopic (exact) mass is 400 g/mol. The van der Waals surface area contributed by atoms with Crippen LogP contribution >= 0.6 is 11.6 Å². The molecule has 1 amide bonds. The number of benzene rings is 2. The van der Waals surface area contributed by atoms with Gasteiger partial charge < -0.3 is 19.2 Å². The number of halogens is 1. The maximum absolute atomic E-state index is 12.2. The average Bonchev–Trinajstić information content (AvgIpc) is 3.16. The summed E-state index contributed by atoms with van der Waals surface area (Å²) in [4.78, 5) is 16.5. The molecule has 0 aliphatic heterocycles. The molecule has 0 unspecified atom stereocenters. The Morgan fingerprint density at radius 2 is 2.00 bits per heavy atom. The van der Waals surface area contributed by atoms with Gasteiger partial charge in [0, 0.05) is 23.4 Å². The van der Waals surface area contributed by atoms with Crippen LogP contribution in [0.4, 0.5) is 5.69 Å². The molecule has 0 saturated heterocycles. The van der Waals surface area contributed by atoms with Crippen LogP contribution in [-0.4, -0.2) is 24.6 Å². The molecule has 0 spiro atoms. The van der Waals surface area contributed by atoms with Crippen LogP contribution < -0.4 is 14.8 Å². The van der Waals surface area contributed by atoms with E-state index in [1.165, 1.54) is 7.11 Å². The van der Waals surface area contributed by atoms with Gasteiger partial charge >= 0.3 is 0 Å². The summed E-state index contributed by atoms with van der Waals surface area (Å²) in [5, 5.41) is 3.31. The smallest absolute Gasteiger partial charge is 0.224 e. The second-order valence-electron chi connectivity index (χ2n) is 5.97. The Balaban J connectivity index is 1.58. The van der Waals surface area contributed by atoms with Gasteiger partial charge in [0.25, 0.3) is 0 Å². The number of amides is 1. The molecule has 3 rings (SSSR count). The normalized spacial score (nSPS) is 10.5. The van der Waals surface area contributed by atoms with Crippen molar-refractivity contribution in [3.05, 3.63) is 59.6 Å². The number of hydrogen-bond acceptors (Lipinski definition) is 5. The number of oxazole rings is 1. The molecule has 1 heterocycles. The fourth-order valence-corrected chi connectivity index (χ4v) is 2.82. The predicted octanol–water partition coefficient (Wildman–Crippen LogP) is 4.97. The van der Waals surface area contributed by atoms with Gasteiger partial charge in [-0.3, -0.25) is 4.79 Å². The molecule has 0 radical (unpaired) electrons. The van der Waals surface area contributed by atoms with Crippen molar-refractivity contribution >= 4 is 23.2 Å². The molecular formula is C21H21ClN2O4. The third-order valence-electron chi connectivity index (χ3n) is 4.00. The van der Waals surface area contributed by atoms with Gasteiger partial charge in [0.15, 0.2) is 11.7 Å². The first kappa shape index (κ1) is 19.8. The van der Waals surface area contributed by atoms with Gasteiger partial charge in [-0.15, -0.1) is 0 Å². The van der Waals surface area contributed by atoms with Crippen molar-refractivity contribution in [2.75, 3.05) is 19.0 Å². The first-order valence-corrected chi connectivity index (χ1v) is 9.28. The number of carbonyl (C=O) groups is 1. The number of rotatable bonds is 8. The van der Waals surface area contributed by atoms with Crippen LogP contribution in [0.2, 0.25) is 5.02 Å². The molecule has 0 saturated carbocycles. The zero-order chi connectivity index (χ0) is 19.9. The van der Waals surface area contributed by atoms with Crippen molar-refractivity contribution in [2.45, 2.75) is 19.8 Å². The van der Waals surface area contributed by atoms with Crippen molar-refractivity contribution < 1.29 is 18.7 Å². The number of methoxy groups -OCH3 is 1. The largest absolute Gasteiger partial charge is 0.495 e. The Morgan fingerprint density at radius 3 is 2.71 bits per heavy atom. The Labute approximate surface area is 168 Å². The summed E-state index contributed by atoms with van der Waals surface area (Å²) in [6, 6.07) is 12.6. The minimum Gasteiger partial charge on any atom is -0.495 e. The summed E-state index contributed by atoms with van der Waals surface area (Å²) in [6.45, 7) is 2.56. The molecule has 0 aliphatic rings. The lowest BCUT2D eigenvalue weighted by molar-refractivity contribution is -0.116. The summed E-state index contributed by atoms with van der Waals surface area (Å²) in [5.74, 6) is 2.32. The number of aryl methyl sites for hydroxylation is 1. The van der Waals surface area contributed by atoms with Gasteiger partial charge in [-0.25, -0.2) is 4.98 Å². The van der Waals surface area contributed by atoms with Crippen molar-refractivity contribution in [2.24, 2.45) is 0 Å². The van der Waals surface area contributed by atoms with Crippen LogP contribution in [0.5, 0.6) is 11.5 Å². The lowest BCUT2D eigenvalue weighted by Gasteiger charge is -2.10. The second kappa shape index (κ2) is 9.28. The molecule has 7 heteroatoms. The van der Waals surface area contributed by atoms with Gasteiger partial charge in [0.1, 0.15) is 11.5 Å². The zero-order valence-electron chi connectivity index (χ0n) is 15.7. The molecule has 3 aromatic rings. The van der Waals surface area contributed by atoms with Crippen molar-refractivity contribution in [1.29, 1.82) is 0 Å². The Kier molecular flexibility index (Phi) is 6.55. The van der Waals surface area contributed by atoms with Crippen molar-refractivity contribution in [1.82, 2.24) is 4.98 Å². The lowest BCUT2D eigenvalue weighted by atomic mass is 10.2. The van der Waals surface area contributed by atoms with E-state index in [4.69, 9.17) is 25.5 Å². The summed E-state index contributed by atoms with van der Waals surface area (Å²) in [5.41, 5.74) is 1.43. The summed E-state index contributed by atoms with van der Waals surface area (Å²) < 4.78 is 16.4.